The summed E-state index contributed by atoms with van der Waals surface area (Å²) in [6.45, 7) is 4.03. The van der Waals surface area contributed by atoms with Crippen molar-refractivity contribution in [1.29, 1.82) is 0 Å². The fourth-order valence-corrected chi connectivity index (χ4v) is 3.00. The molecule has 0 spiro atoms. The molecule has 0 aliphatic carbocycles. The minimum atomic E-state index is -0.742. The van der Waals surface area contributed by atoms with Crippen molar-refractivity contribution in [2.75, 3.05) is 0 Å². The van der Waals surface area contributed by atoms with Crippen molar-refractivity contribution in [3.8, 4) is 0 Å². The van der Waals surface area contributed by atoms with Crippen LogP contribution in [0.15, 0.2) is 4.34 Å². The number of hydrogen-bond donors (Lipinski definition) is 1. The lowest BCUT2D eigenvalue weighted by molar-refractivity contribution is -0.137. The van der Waals surface area contributed by atoms with Gasteiger partial charge in [0.25, 0.3) is 0 Å². The van der Waals surface area contributed by atoms with E-state index in [9.17, 15) is 4.79 Å². The quantitative estimate of drug-likeness (QED) is 0.781. The van der Waals surface area contributed by atoms with Crippen LogP contribution < -0.4 is 0 Å². The van der Waals surface area contributed by atoms with E-state index in [1.54, 1.807) is 11.8 Å². The van der Waals surface area contributed by atoms with Gasteiger partial charge in [0, 0.05) is 18.1 Å². The Morgan fingerprint density at radius 1 is 1.67 bits per heavy atom. The van der Waals surface area contributed by atoms with Crippen molar-refractivity contribution < 1.29 is 9.90 Å². The first kappa shape index (κ1) is 12.4. The van der Waals surface area contributed by atoms with E-state index in [-0.39, 0.29) is 11.7 Å². The predicted octanol–water partition coefficient (Wildman–Crippen LogP) is 2.45. The van der Waals surface area contributed by atoms with Gasteiger partial charge in [-0.1, -0.05) is 25.6 Å². The number of aryl methyl sites for hydroxylation is 1. The first-order chi connectivity index (χ1) is 7.11. The summed E-state index contributed by atoms with van der Waals surface area (Å²) < 4.78 is 5.11. The fourth-order valence-electron chi connectivity index (χ4n) is 0.987. The van der Waals surface area contributed by atoms with Crippen molar-refractivity contribution in [3.05, 3.63) is 5.82 Å². The Bertz CT molecular complexity index is 328. The van der Waals surface area contributed by atoms with Gasteiger partial charge in [-0.2, -0.15) is 4.37 Å². The van der Waals surface area contributed by atoms with Crippen molar-refractivity contribution in [2.24, 2.45) is 0 Å². The average Bonchev–Trinajstić information content (AvgIpc) is 2.62. The van der Waals surface area contributed by atoms with Gasteiger partial charge >= 0.3 is 5.97 Å². The molecule has 0 radical (unpaired) electrons. The Morgan fingerprint density at radius 3 is 2.93 bits per heavy atom. The molecule has 84 valence electrons. The molecule has 1 aromatic heterocycles. The molecule has 0 fully saturated rings. The molecule has 0 aliphatic heterocycles. The van der Waals surface area contributed by atoms with E-state index in [4.69, 9.17) is 5.11 Å². The maximum absolute atomic E-state index is 10.4. The van der Waals surface area contributed by atoms with Crippen LogP contribution >= 0.6 is 23.3 Å². The second kappa shape index (κ2) is 6.07. The Morgan fingerprint density at radius 2 is 2.40 bits per heavy atom. The topological polar surface area (TPSA) is 63.1 Å². The number of thioether (sulfide) groups is 1. The van der Waals surface area contributed by atoms with E-state index < -0.39 is 5.97 Å². The van der Waals surface area contributed by atoms with Crippen molar-refractivity contribution in [2.45, 2.75) is 42.7 Å². The lowest BCUT2D eigenvalue weighted by atomic mass is 10.2. The largest absolute Gasteiger partial charge is 0.481 e. The van der Waals surface area contributed by atoms with Gasteiger partial charge in [-0.05, 0) is 18.0 Å². The Labute approximate surface area is 97.3 Å². The molecule has 0 bridgehead atoms. The number of carbonyl (C=O) groups is 1. The van der Waals surface area contributed by atoms with Gasteiger partial charge in [-0.15, -0.1) is 0 Å². The van der Waals surface area contributed by atoms with Crippen LogP contribution in [-0.2, 0) is 11.2 Å². The number of nitrogens with zero attached hydrogens (tertiary/aromatic N) is 2. The number of aliphatic carboxylic acids is 1. The van der Waals surface area contributed by atoms with Gasteiger partial charge in [0.2, 0.25) is 0 Å². The zero-order valence-electron chi connectivity index (χ0n) is 8.77. The standard InChI is InChI=1S/C9H14N2O2S2/c1-3-7-10-9(15-11-7)14-6(2)4-5-8(12)13/h6H,3-5H2,1-2H3,(H,12,13). The molecule has 4 nitrogen and oxygen atoms in total. The molecule has 1 aromatic rings. The highest BCUT2D eigenvalue weighted by Gasteiger charge is 2.10. The molecule has 1 unspecified atom stereocenters. The van der Waals surface area contributed by atoms with Crippen LogP contribution in [0.25, 0.3) is 0 Å². The van der Waals surface area contributed by atoms with Crippen LogP contribution in [0.2, 0.25) is 0 Å². The Kier molecular flexibility index (Phi) is 5.04. The van der Waals surface area contributed by atoms with Crippen molar-refractivity contribution >= 4 is 29.3 Å². The number of carboxylic acid groups (broad SMARTS) is 1. The minimum absolute atomic E-state index is 0.216. The van der Waals surface area contributed by atoms with Crippen LogP contribution in [0.3, 0.4) is 0 Å². The molecule has 0 amide bonds. The molecule has 0 aromatic carbocycles. The van der Waals surface area contributed by atoms with E-state index in [1.165, 1.54) is 11.5 Å². The Hall–Kier alpha value is -0.620. The van der Waals surface area contributed by atoms with E-state index >= 15 is 0 Å². The normalized spacial score (nSPS) is 12.7. The third-order valence-electron chi connectivity index (χ3n) is 1.83. The van der Waals surface area contributed by atoms with Crippen LogP contribution in [0.4, 0.5) is 0 Å². The highest BCUT2D eigenvalue weighted by atomic mass is 32.2. The molecule has 0 saturated heterocycles. The van der Waals surface area contributed by atoms with Gasteiger partial charge in [-0.25, -0.2) is 4.98 Å². The molecule has 15 heavy (non-hydrogen) atoms. The molecule has 1 rings (SSSR count). The summed E-state index contributed by atoms with van der Waals surface area (Å²) in [7, 11) is 0. The summed E-state index contributed by atoms with van der Waals surface area (Å²) in [6, 6.07) is 0. The number of hydrogen-bond acceptors (Lipinski definition) is 5. The van der Waals surface area contributed by atoms with Crippen molar-refractivity contribution in [3.63, 3.8) is 0 Å². The highest BCUT2D eigenvalue weighted by Crippen LogP contribution is 2.27. The summed E-state index contributed by atoms with van der Waals surface area (Å²) in [5.74, 6) is 0.127. The Balaban J connectivity index is 2.36. The molecule has 0 saturated carbocycles. The number of carboxylic acids is 1. The molecule has 0 aliphatic rings. The molecular weight excluding hydrogens is 232 g/mol. The van der Waals surface area contributed by atoms with Crippen LogP contribution in [0.1, 0.15) is 32.5 Å². The van der Waals surface area contributed by atoms with Crippen LogP contribution in [-0.4, -0.2) is 25.7 Å². The van der Waals surface area contributed by atoms with Gasteiger partial charge in [-0.3, -0.25) is 4.79 Å². The van der Waals surface area contributed by atoms with Gasteiger partial charge in [0.05, 0.1) is 0 Å². The van der Waals surface area contributed by atoms with Gasteiger partial charge in [0.15, 0.2) is 4.34 Å². The smallest absolute Gasteiger partial charge is 0.303 e. The SMILES string of the molecule is CCc1nsc(SC(C)CCC(=O)O)n1. The summed E-state index contributed by atoms with van der Waals surface area (Å²) in [4.78, 5) is 14.7. The van der Waals surface area contributed by atoms with E-state index in [0.29, 0.717) is 6.42 Å². The molecular formula is C9H14N2O2S2. The van der Waals surface area contributed by atoms with Crippen LogP contribution in [0.5, 0.6) is 0 Å². The lowest BCUT2D eigenvalue weighted by Crippen LogP contribution is -2.01. The van der Waals surface area contributed by atoms with Gasteiger partial charge < -0.3 is 5.11 Å². The summed E-state index contributed by atoms with van der Waals surface area (Å²) in [5, 5.41) is 8.81. The van der Waals surface area contributed by atoms with Crippen LogP contribution in [0, 0.1) is 0 Å². The molecule has 1 heterocycles. The number of aromatic nitrogens is 2. The lowest BCUT2D eigenvalue weighted by Gasteiger charge is -2.05. The maximum Gasteiger partial charge on any atom is 0.303 e. The monoisotopic (exact) mass is 246 g/mol. The summed E-state index contributed by atoms with van der Waals surface area (Å²) in [6.07, 6.45) is 1.73. The third kappa shape index (κ3) is 4.61. The zero-order valence-corrected chi connectivity index (χ0v) is 10.4. The third-order valence-corrected chi connectivity index (χ3v) is 3.83. The first-order valence-corrected chi connectivity index (χ1v) is 6.48. The van der Waals surface area contributed by atoms with E-state index in [0.717, 1.165) is 16.6 Å². The average molecular weight is 246 g/mol. The predicted molar refractivity (Wildman–Crippen MR) is 61.5 cm³/mol. The zero-order chi connectivity index (χ0) is 11.3. The van der Waals surface area contributed by atoms with E-state index in [1.807, 2.05) is 13.8 Å². The molecule has 1 atom stereocenters. The van der Waals surface area contributed by atoms with Crippen molar-refractivity contribution in [1.82, 2.24) is 9.36 Å². The number of rotatable bonds is 6. The molecule has 1 N–H and O–H groups in total. The highest BCUT2D eigenvalue weighted by molar-refractivity contribution is 8.01. The summed E-state index contributed by atoms with van der Waals surface area (Å²) >= 11 is 2.99. The fraction of sp³-hybridized carbons (Fsp3) is 0.667. The second-order valence-electron chi connectivity index (χ2n) is 3.19. The minimum Gasteiger partial charge on any atom is -0.481 e. The molecule has 6 heteroatoms. The summed E-state index contributed by atoms with van der Waals surface area (Å²) in [5.41, 5.74) is 0. The second-order valence-corrected chi connectivity index (χ2v) is 5.63. The maximum atomic E-state index is 10.4. The van der Waals surface area contributed by atoms with Gasteiger partial charge in [0.1, 0.15) is 5.82 Å². The van der Waals surface area contributed by atoms with E-state index in [2.05, 4.69) is 9.36 Å². The first-order valence-electron chi connectivity index (χ1n) is 4.82.